The average Bonchev–Trinajstić information content (AvgIpc) is 3.20. The predicted molar refractivity (Wildman–Crippen MR) is 91.5 cm³/mol. The van der Waals surface area contributed by atoms with Gasteiger partial charge in [0.15, 0.2) is 0 Å². The monoisotopic (exact) mass is 358 g/mol. The first kappa shape index (κ1) is 16.3. The Kier molecular flexibility index (Phi) is 4.16. The molecule has 0 saturated carbocycles. The summed E-state index contributed by atoms with van der Waals surface area (Å²) < 4.78 is 34.2. The van der Waals surface area contributed by atoms with Gasteiger partial charge in [-0.05, 0) is 42.5 Å². The van der Waals surface area contributed by atoms with Gasteiger partial charge in [0, 0.05) is 13.1 Å². The number of hydrogen-bond donors (Lipinski definition) is 1. The van der Waals surface area contributed by atoms with Crippen LogP contribution < -0.4 is 10.1 Å². The second-order valence-electron chi connectivity index (χ2n) is 5.92. The van der Waals surface area contributed by atoms with Crippen LogP contribution in [0, 0.1) is 11.6 Å². The van der Waals surface area contributed by atoms with Crippen molar-refractivity contribution in [1.82, 2.24) is 20.0 Å². The summed E-state index contributed by atoms with van der Waals surface area (Å²) in [6.07, 6.45) is 0. The molecule has 2 amide bonds. The van der Waals surface area contributed by atoms with Crippen LogP contribution in [0.15, 0.2) is 42.5 Å². The number of fused-ring (bicyclic) bond motifs is 1. The molecule has 1 aromatic heterocycles. The fourth-order valence-corrected chi connectivity index (χ4v) is 2.93. The number of halogens is 2. The zero-order valence-corrected chi connectivity index (χ0v) is 13.8. The molecule has 1 aliphatic rings. The van der Waals surface area contributed by atoms with Crippen LogP contribution in [0.1, 0.15) is 0 Å². The second kappa shape index (κ2) is 6.62. The van der Waals surface area contributed by atoms with Crippen LogP contribution in [-0.2, 0) is 0 Å². The first-order valence-corrected chi connectivity index (χ1v) is 8.21. The van der Waals surface area contributed by atoms with Crippen molar-refractivity contribution < 1.29 is 18.3 Å². The molecule has 134 valence electrons. The van der Waals surface area contributed by atoms with E-state index in [-0.39, 0.29) is 24.3 Å². The van der Waals surface area contributed by atoms with Crippen molar-refractivity contribution >= 4 is 16.9 Å². The van der Waals surface area contributed by atoms with E-state index in [0.717, 1.165) is 0 Å². The number of nitrogens with one attached hydrogen (secondary N) is 1. The molecule has 0 unspecified atom stereocenters. The van der Waals surface area contributed by atoms with E-state index in [2.05, 4.69) is 10.4 Å². The summed E-state index contributed by atoms with van der Waals surface area (Å²) in [5.74, 6) is -0.486. The van der Waals surface area contributed by atoms with Crippen LogP contribution in [0.25, 0.3) is 16.6 Å². The minimum absolute atomic E-state index is 0.124. The number of nitrogens with zero attached hydrogens (tertiary/aromatic N) is 3. The van der Waals surface area contributed by atoms with Gasteiger partial charge < -0.3 is 15.0 Å². The number of rotatable bonds is 5. The summed E-state index contributed by atoms with van der Waals surface area (Å²) >= 11 is 0. The fourth-order valence-electron chi connectivity index (χ4n) is 2.93. The average molecular weight is 358 g/mol. The largest absolute Gasteiger partial charge is 0.474 e. The Morgan fingerprint density at radius 1 is 1.12 bits per heavy atom. The van der Waals surface area contributed by atoms with Gasteiger partial charge in [0.25, 0.3) is 0 Å². The Hall–Kier alpha value is -3.16. The van der Waals surface area contributed by atoms with Crippen LogP contribution >= 0.6 is 0 Å². The minimum Gasteiger partial charge on any atom is -0.474 e. The fraction of sp³-hybridized carbons (Fsp3) is 0.222. The van der Waals surface area contributed by atoms with Crippen molar-refractivity contribution in [3.8, 4) is 11.6 Å². The number of urea groups is 1. The molecule has 2 heterocycles. The van der Waals surface area contributed by atoms with E-state index in [1.165, 1.54) is 24.3 Å². The van der Waals surface area contributed by atoms with Gasteiger partial charge in [0.05, 0.1) is 23.1 Å². The number of carbonyl (C=O) groups excluding carboxylic acids is 1. The molecule has 0 spiro atoms. The van der Waals surface area contributed by atoms with E-state index in [1.807, 2.05) is 0 Å². The molecule has 6 nitrogen and oxygen atoms in total. The van der Waals surface area contributed by atoms with E-state index >= 15 is 0 Å². The summed E-state index contributed by atoms with van der Waals surface area (Å²) in [5.41, 5.74) is 1.28. The molecule has 8 heteroatoms. The molecular formula is C18H16F2N4O2. The quantitative estimate of drug-likeness (QED) is 0.763. The Balaban J connectivity index is 1.62. The van der Waals surface area contributed by atoms with Crippen LogP contribution in [0.5, 0.6) is 5.88 Å². The summed E-state index contributed by atoms with van der Waals surface area (Å²) in [7, 11) is 0. The lowest BCUT2D eigenvalue weighted by Crippen LogP contribution is -2.31. The normalized spacial score (nSPS) is 14.1. The number of benzene rings is 2. The third kappa shape index (κ3) is 3.05. The molecule has 1 saturated heterocycles. The van der Waals surface area contributed by atoms with Gasteiger partial charge in [-0.2, -0.15) is 0 Å². The highest BCUT2D eigenvalue weighted by atomic mass is 19.1. The molecule has 1 N–H and O–H groups in total. The number of hydrogen-bond acceptors (Lipinski definition) is 3. The summed E-state index contributed by atoms with van der Waals surface area (Å²) in [4.78, 5) is 13.2. The molecule has 0 radical (unpaired) electrons. The topological polar surface area (TPSA) is 59.4 Å². The smallest absolute Gasteiger partial charge is 0.317 e. The SMILES string of the molecule is O=C1NCCN1CCOc1nn(-c2ccc(F)cc2)c2ccc(F)cc12. The summed E-state index contributed by atoms with van der Waals surface area (Å²) in [5, 5.41) is 7.63. The molecule has 0 atom stereocenters. The van der Waals surface area contributed by atoms with Crippen molar-refractivity contribution in [1.29, 1.82) is 0 Å². The molecule has 0 bridgehead atoms. The number of carbonyl (C=O) groups is 1. The van der Waals surface area contributed by atoms with Gasteiger partial charge >= 0.3 is 6.03 Å². The molecule has 1 fully saturated rings. The second-order valence-corrected chi connectivity index (χ2v) is 5.92. The van der Waals surface area contributed by atoms with Crippen molar-refractivity contribution in [2.75, 3.05) is 26.2 Å². The van der Waals surface area contributed by atoms with Crippen LogP contribution in [0.3, 0.4) is 0 Å². The maximum absolute atomic E-state index is 13.7. The first-order valence-electron chi connectivity index (χ1n) is 8.21. The highest BCUT2D eigenvalue weighted by Gasteiger charge is 2.20. The van der Waals surface area contributed by atoms with Crippen molar-refractivity contribution in [2.45, 2.75) is 0 Å². The molecule has 1 aliphatic heterocycles. The van der Waals surface area contributed by atoms with Crippen LogP contribution in [0.2, 0.25) is 0 Å². The predicted octanol–water partition coefficient (Wildman–Crippen LogP) is 2.71. The lowest BCUT2D eigenvalue weighted by atomic mass is 10.2. The maximum atomic E-state index is 13.7. The number of aromatic nitrogens is 2. The minimum atomic E-state index is -0.403. The molecule has 0 aliphatic carbocycles. The molecule has 4 rings (SSSR count). The third-order valence-electron chi connectivity index (χ3n) is 4.22. The van der Waals surface area contributed by atoms with E-state index in [9.17, 15) is 13.6 Å². The highest BCUT2D eigenvalue weighted by Crippen LogP contribution is 2.28. The maximum Gasteiger partial charge on any atom is 0.317 e. The van der Waals surface area contributed by atoms with Gasteiger partial charge in [-0.1, -0.05) is 0 Å². The molecule has 26 heavy (non-hydrogen) atoms. The van der Waals surface area contributed by atoms with Crippen molar-refractivity contribution in [3.63, 3.8) is 0 Å². The number of amides is 2. The highest BCUT2D eigenvalue weighted by molar-refractivity contribution is 5.86. The standard InChI is InChI=1S/C18H16F2N4O2/c19-12-1-4-14(5-2-12)24-16-6-3-13(20)11-15(16)17(22-24)26-10-9-23-8-7-21-18(23)25/h1-6,11H,7-10H2,(H,21,25). The lowest BCUT2D eigenvalue weighted by Gasteiger charge is -2.13. The Morgan fingerprint density at radius 2 is 1.88 bits per heavy atom. The van der Waals surface area contributed by atoms with Gasteiger partial charge in [-0.15, -0.1) is 5.10 Å². The van der Waals surface area contributed by atoms with Crippen LogP contribution in [-0.4, -0.2) is 47.0 Å². The van der Waals surface area contributed by atoms with Gasteiger partial charge in [-0.3, -0.25) is 0 Å². The third-order valence-corrected chi connectivity index (χ3v) is 4.22. The van der Waals surface area contributed by atoms with Crippen LogP contribution in [0.4, 0.5) is 13.6 Å². The zero-order valence-electron chi connectivity index (χ0n) is 13.8. The van der Waals surface area contributed by atoms with E-state index in [1.54, 1.807) is 27.8 Å². The van der Waals surface area contributed by atoms with Crippen molar-refractivity contribution in [3.05, 3.63) is 54.1 Å². The Bertz CT molecular complexity index is 956. The van der Waals surface area contributed by atoms with E-state index in [0.29, 0.717) is 36.2 Å². The van der Waals surface area contributed by atoms with Gasteiger partial charge in [-0.25, -0.2) is 18.3 Å². The lowest BCUT2D eigenvalue weighted by molar-refractivity contribution is 0.201. The summed E-state index contributed by atoms with van der Waals surface area (Å²) in [6.45, 7) is 1.89. The van der Waals surface area contributed by atoms with Crippen molar-refractivity contribution in [2.24, 2.45) is 0 Å². The molecular weight excluding hydrogens is 342 g/mol. The zero-order chi connectivity index (χ0) is 18.1. The van der Waals surface area contributed by atoms with E-state index in [4.69, 9.17) is 4.74 Å². The molecule has 3 aromatic rings. The van der Waals surface area contributed by atoms with Gasteiger partial charge in [0.1, 0.15) is 18.2 Å². The Labute approximate surface area is 148 Å². The summed E-state index contributed by atoms with van der Waals surface area (Å²) in [6, 6.07) is 10.00. The number of ether oxygens (including phenoxy) is 1. The molecule has 2 aromatic carbocycles. The Morgan fingerprint density at radius 3 is 2.62 bits per heavy atom. The first-order chi connectivity index (χ1) is 12.6. The van der Waals surface area contributed by atoms with Gasteiger partial charge in [0.2, 0.25) is 5.88 Å². The van der Waals surface area contributed by atoms with E-state index < -0.39 is 5.82 Å².